The van der Waals surface area contributed by atoms with Gasteiger partial charge in [-0.3, -0.25) is 9.59 Å². The van der Waals surface area contributed by atoms with Gasteiger partial charge >= 0.3 is 42.2 Å². The topological polar surface area (TPSA) is 262 Å². The minimum absolute atomic E-state index is 0.0118. The van der Waals surface area contributed by atoms with Crippen molar-refractivity contribution in [1.29, 1.82) is 0 Å². The Labute approximate surface area is 480 Å². The molecule has 7 heterocycles. The molecule has 0 aromatic carbocycles. The first-order chi connectivity index (χ1) is 37.5. The summed E-state index contributed by atoms with van der Waals surface area (Å²) in [4.78, 5) is 104. The van der Waals surface area contributed by atoms with Crippen molar-refractivity contribution >= 4 is 82.0 Å². The van der Waals surface area contributed by atoms with Gasteiger partial charge in [0.2, 0.25) is 0 Å². The number of esters is 4. The Morgan fingerprint density at radius 1 is 0.537 bits per heavy atom. The number of piperidine rings is 1. The van der Waals surface area contributed by atoms with Gasteiger partial charge in [0.25, 0.3) is 0 Å². The first-order valence-electron chi connectivity index (χ1n) is 26.6. The number of fused-ring (bicyclic) bond motifs is 3. The van der Waals surface area contributed by atoms with E-state index in [4.69, 9.17) is 42.6 Å². The molecular weight excluding hydrogens is 1100 g/mol. The molecule has 2 N–H and O–H groups in total. The molecule has 80 heavy (non-hydrogen) atoms. The maximum absolute atomic E-state index is 12.2. The third-order valence-electron chi connectivity index (χ3n) is 11.7. The number of ketones is 1. The summed E-state index contributed by atoms with van der Waals surface area (Å²) in [5, 5.41) is 13.4. The fourth-order valence-electron chi connectivity index (χ4n) is 8.23. The number of amides is 3. The molecule has 3 amide bonds. The Hall–Kier alpha value is -6.18. The highest BCUT2D eigenvalue weighted by Gasteiger charge is 2.38. The van der Waals surface area contributed by atoms with Crippen molar-refractivity contribution in [2.75, 3.05) is 73.4 Å². The SMILES string of the molecule is CCOC(=O)C1CN(C(=O)OC(C)(C)C)CCC1=O.CCOC(=O)c1sc2c(c1O)CCN(C(=O)OC(C)(C)C)C2.CCOC(=O)c1sc2c(c1OC)CCN(C(=O)OC(C)(C)C)C2.CCOC(=O)c1sc2c(c1OC)CCNC2. The highest BCUT2D eigenvalue weighted by molar-refractivity contribution is 7.15. The molecule has 1 saturated heterocycles. The molecule has 4 aliphatic rings. The highest BCUT2D eigenvalue weighted by atomic mass is 32.1. The van der Waals surface area contributed by atoms with E-state index in [0.717, 1.165) is 46.0 Å². The van der Waals surface area contributed by atoms with E-state index in [2.05, 4.69) is 5.32 Å². The van der Waals surface area contributed by atoms with Crippen LogP contribution >= 0.6 is 34.0 Å². The number of Topliss-reactive ketones (excluding diaryl/α,β-unsaturated/α-hetero) is 1. The molecule has 446 valence electrons. The van der Waals surface area contributed by atoms with Gasteiger partial charge in [0.15, 0.2) is 20.4 Å². The molecule has 3 aromatic rings. The zero-order valence-corrected chi connectivity index (χ0v) is 51.3. The normalized spacial score (nSPS) is 15.7. The second-order valence-corrected chi connectivity index (χ2v) is 24.6. The van der Waals surface area contributed by atoms with Gasteiger partial charge in [0.1, 0.15) is 40.0 Å². The summed E-state index contributed by atoms with van der Waals surface area (Å²) in [5.74, 6) is -1.55. The van der Waals surface area contributed by atoms with E-state index in [1.807, 2.05) is 41.5 Å². The zero-order chi connectivity index (χ0) is 59.9. The molecule has 0 saturated carbocycles. The molecular formula is C55H80N4O18S3. The fourth-order valence-corrected chi connectivity index (χ4v) is 11.8. The van der Waals surface area contributed by atoms with Gasteiger partial charge in [-0.15, -0.1) is 34.0 Å². The molecule has 1 fully saturated rings. The largest absolute Gasteiger partial charge is 0.506 e. The number of carbonyl (C=O) groups is 8. The lowest BCUT2D eigenvalue weighted by atomic mass is 9.97. The highest BCUT2D eigenvalue weighted by Crippen LogP contribution is 2.41. The Morgan fingerprint density at radius 2 is 0.925 bits per heavy atom. The van der Waals surface area contributed by atoms with Gasteiger partial charge < -0.3 is 67.8 Å². The number of methoxy groups -OCH3 is 2. The molecule has 22 nitrogen and oxygen atoms in total. The minimum atomic E-state index is -0.888. The van der Waals surface area contributed by atoms with Crippen molar-refractivity contribution in [3.8, 4) is 17.2 Å². The predicted molar refractivity (Wildman–Crippen MR) is 299 cm³/mol. The van der Waals surface area contributed by atoms with Crippen molar-refractivity contribution in [1.82, 2.24) is 20.0 Å². The number of hydrogen-bond acceptors (Lipinski definition) is 22. The average molecular weight is 1180 g/mol. The van der Waals surface area contributed by atoms with Crippen LogP contribution in [0.25, 0.3) is 0 Å². The van der Waals surface area contributed by atoms with Gasteiger partial charge in [0, 0.05) is 70.5 Å². The van der Waals surface area contributed by atoms with E-state index in [9.17, 15) is 43.5 Å². The summed E-state index contributed by atoms with van der Waals surface area (Å²) < 4.78 is 46.6. The summed E-state index contributed by atoms with van der Waals surface area (Å²) in [6.07, 6.45) is 0.965. The maximum atomic E-state index is 12.2. The molecule has 25 heteroatoms. The lowest BCUT2D eigenvalue weighted by Gasteiger charge is -2.32. The summed E-state index contributed by atoms with van der Waals surface area (Å²) in [5.41, 5.74) is 1.20. The number of ether oxygens (including phenoxy) is 9. The Kier molecular flexibility index (Phi) is 24.5. The van der Waals surface area contributed by atoms with E-state index in [1.54, 1.807) is 72.5 Å². The number of hydrogen-bond donors (Lipinski definition) is 2. The van der Waals surface area contributed by atoms with Crippen LogP contribution in [-0.2, 0) is 81.6 Å². The van der Waals surface area contributed by atoms with Crippen molar-refractivity contribution < 1.29 is 86.1 Å². The molecule has 1 atom stereocenters. The molecule has 0 spiro atoms. The monoisotopic (exact) mass is 1180 g/mol. The van der Waals surface area contributed by atoms with E-state index < -0.39 is 40.8 Å². The minimum Gasteiger partial charge on any atom is -0.506 e. The smallest absolute Gasteiger partial charge is 0.410 e. The van der Waals surface area contributed by atoms with Crippen LogP contribution in [0.15, 0.2) is 0 Å². The van der Waals surface area contributed by atoms with Gasteiger partial charge in [-0.2, -0.15) is 0 Å². The number of thiophene rings is 3. The first kappa shape index (κ1) is 66.3. The summed E-state index contributed by atoms with van der Waals surface area (Å²) >= 11 is 3.97. The second kappa shape index (κ2) is 29.5. The van der Waals surface area contributed by atoms with Crippen molar-refractivity contribution in [2.24, 2.45) is 5.92 Å². The molecule has 1 unspecified atom stereocenters. The van der Waals surface area contributed by atoms with Crippen LogP contribution < -0.4 is 14.8 Å². The molecule has 3 aromatic heterocycles. The van der Waals surface area contributed by atoms with Crippen LogP contribution in [0.1, 0.15) is 157 Å². The lowest BCUT2D eigenvalue weighted by molar-refractivity contribution is -0.153. The molecule has 0 aliphatic carbocycles. The quantitative estimate of drug-likeness (QED) is 0.109. The number of carbonyl (C=O) groups excluding carboxylic acids is 8. The van der Waals surface area contributed by atoms with Gasteiger partial charge in [0.05, 0.1) is 53.7 Å². The maximum Gasteiger partial charge on any atom is 0.410 e. The van der Waals surface area contributed by atoms with Crippen molar-refractivity contribution in [3.05, 3.63) is 46.0 Å². The van der Waals surface area contributed by atoms with E-state index >= 15 is 0 Å². The standard InChI is InChI=1S/C16H23NO5S.C15H21NO5S.C13H21NO5.C11H15NO3S/c1-6-21-14(18)13-12(20-5)10-7-8-17(9-11(10)23-13)15(19)22-16(2,3)4;1-5-20-13(18)12-11(17)9-6-7-16(8-10(9)22-12)14(19)21-15(2,3)4;1-5-18-11(16)9-8-14(7-6-10(9)15)12(17)19-13(2,3)4;1-3-15-11(13)10-9(14-2)7-4-5-12-6-8(7)16-10/h6-9H2,1-5H3;17H,5-8H2,1-4H3;9H,5-8H2,1-4H3;12H,3-6H2,1-2H3. The Bertz CT molecular complexity index is 2670. The van der Waals surface area contributed by atoms with E-state index in [1.165, 1.54) is 43.8 Å². The average Bonchev–Trinajstić information content (AvgIpc) is 4.09. The van der Waals surface area contributed by atoms with Crippen LogP contribution in [-0.4, -0.2) is 158 Å². The lowest BCUT2D eigenvalue weighted by Crippen LogP contribution is -2.48. The fraction of sp³-hybridized carbons (Fsp3) is 0.636. The van der Waals surface area contributed by atoms with Gasteiger partial charge in [-0.05, 0) is 116 Å². The summed E-state index contributed by atoms with van der Waals surface area (Å²) in [7, 11) is 3.15. The number of likely N-dealkylation sites (tertiary alicyclic amines) is 1. The molecule has 7 rings (SSSR count). The van der Waals surface area contributed by atoms with Crippen molar-refractivity contribution in [2.45, 2.75) is 152 Å². The van der Waals surface area contributed by atoms with E-state index in [-0.39, 0.29) is 73.3 Å². The van der Waals surface area contributed by atoms with Crippen LogP contribution in [0.3, 0.4) is 0 Å². The number of nitrogens with one attached hydrogen (secondary N) is 1. The Morgan fingerprint density at radius 3 is 1.38 bits per heavy atom. The zero-order valence-electron chi connectivity index (χ0n) is 48.8. The molecule has 0 bridgehead atoms. The third-order valence-corrected chi connectivity index (χ3v) is 15.2. The molecule has 4 aliphatic heterocycles. The molecule has 0 radical (unpaired) electrons. The van der Waals surface area contributed by atoms with Crippen molar-refractivity contribution in [3.63, 3.8) is 0 Å². The van der Waals surface area contributed by atoms with Gasteiger partial charge in [-0.25, -0.2) is 28.8 Å². The number of nitrogens with zero attached hydrogens (tertiary/aromatic N) is 3. The third kappa shape index (κ3) is 18.7. The van der Waals surface area contributed by atoms with Crippen LogP contribution in [0.2, 0.25) is 0 Å². The van der Waals surface area contributed by atoms with Crippen LogP contribution in [0.4, 0.5) is 14.4 Å². The first-order valence-corrected chi connectivity index (χ1v) is 29.0. The second-order valence-electron chi connectivity index (χ2n) is 21.3. The summed E-state index contributed by atoms with van der Waals surface area (Å²) in [6.45, 7) is 28.2. The Balaban J connectivity index is 0.000000232. The van der Waals surface area contributed by atoms with Crippen LogP contribution in [0, 0.1) is 5.92 Å². The number of rotatable bonds is 10. The summed E-state index contributed by atoms with van der Waals surface area (Å²) in [6, 6.07) is 0. The predicted octanol–water partition coefficient (Wildman–Crippen LogP) is 9.10. The van der Waals surface area contributed by atoms with E-state index in [0.29, 0.717) is 73.5 Å². The number of aromatic hydroxyl groups is 1. The van der Waals surface area contributed by atoms with Gasteiger partial charge in [-0.1, -0.05) is 0 Å². The van der Waals surface area contributed by atoms with Crippen LogP contribution in [0.5, 0.6) is 17.2 Å².